The number of aromatic nitrogens is 1. The van der Waals surface area contributed by atoms with Crippen molar-refractivity contribution in [2.24, 2.45) is 0 Å². The van der Waals surface area contributed by atoms with Crippen LogP contribution in [0.15, 0.2) is 16.7 Å². The lowest BCUT2D eigenvalue weighted by Crippen LogP contribution is -2.03. The lowest BCUT2D eigenvalue weighted by molar-refractivity contribution is -0.0528. The molecule has 0 spiro atoms. The van der Waals surface area contributed by atoms with E-state index in [2.05, 4.69) is 25.7 Å². The molecular formula is C6H3BrClF2NO. The summed E-state index contributed by atoms with van der Waals surface area (Å²) in [5.41, 5.74) is 0. The zero-order chi connectivity index (χ0) is 9.14. The van der Waals surface area contributed by atoms with Crippen LogP contribution in [0.2, 0.25) is 5.02 Å². The van der Waals surface area contributed by atoms with Gasteiger partial charge in [-0.3, -0.25) is 0 Å². The number of nitrogens with zero attached hydrogens (tertiary/aromatic N) is 1. The molecule has 0 aliphatic carbocycles. The van der Waals surface area contributed by atoms with Gasteiger partial charge in [0.15, 0.2) is 0 Å². The quantitative estimate of drug-likeness (QED) is 0.813. The summed E-state index contributed by atoms with van der Waals surface area (Å²) in [5.74, 6) is -0.196. The normalized spacial score (nSPS) is 10.4. The molecule has 1 aromatic rings. The fourth-order valence-corrected chi connectivity index (χ4v) is 0.911. The van der Waals surface area contributed by atoms with E-state index in [9.17, 15) is 8.78 Å². The minimum Gasteiger partial charge on any atom is -0.417 e. The van der Waals surface area contributed by atoms with Gasteiger partial charge in [0, 0.05) is 12.3 Å². The third-order valence-electron chi connectivity index (χ3n) is 0.993. The highest BCUT2D eigenvalue weighted by atomic mass is 79.9. The molecule has 0 unspecified atom stereocenters. The van der Waals surface area contributed by atoms with Crippen LogP contribution < -0.4 is 4.74 Å². The first-order valence-electron chi connectivity index (χ1n) is 2.85. The molecule has 12 heavy (non-hydrogen) atoms. The molecule has 0 aliphatic rings. The van der Waals surface area contributed by atoms with Gasteiger partial charge in [-0.2, -0.15) is 8.78 Å². The highest BCUT2D eigenvalue weighted by molar-refractivity contribution is 9.10. The smallest absolute Gasteiger partial charge is 0.388 e. The van der Waals surface area contributed by atoms with Crippen LogP contribution in [-0.2, 0) is 0 Å². The third-order valence-corrected chi connectivity index (χ3v) is 2.17. The molecule has 0 amide bonds. The van der Waals surface area contributed by atoms with E-state index in [1.54, 1.807) is 0 Å². The SMILES string of the molecule is FC(F)Oc1cc(Cl)c(Br)cn1. The second-order valence-electron chi connectivity index (χ2n) is 1.82. The van der Waals surface area contributed by atoms with Gasteiger partial charge in [0.2, 0.25) is 5.88 Å². The van der Waals surface area contributed by atoms with Gasteiger partial charge in [0.1, 0.15) is 0 Å². The summed E-state index contributed by atoms with van der Waals surface area (Å²) in [6.45, 7) is -2.88. The van der Waals surface area contributed by atoms with E-state index < -0.39 is 6.61 Å². The maximum Gasteiger partial charge on any atom is 0.388 e. The molecular weight excluding hydrogens is 255 g/mol. The average molecular weight is 258 g/mol. The lowest BCUT2D eigenvalue weighted by atomic mass is 10.5. The first kappa shape index (κ1) is 9.67. The zero-order valence-electron chi connectivity index (χ0n) is 5.60. The van der Waals surface area contributed by atoms with Gasteiger partial charge >= 0.3 is 6.61 Å². The Hall–Kier alpha value is -0.420. The van der Waals surface area contributed by atoms with E-state index in [4.69, 9.17) is 11.6 Å². The topological polar surface area (TPSA) is 22.1 Å². The van der Waals surface area contributed by atoms with Gasteiger partial charge in [-0.1, -0.05) is 11.6 Å². The fraction of sp³-hybridized carbons (Fsp3) is 0.167. The van der Waals surface area contributed by atoms with Crippen molar-refractivity contribution in [1.29, 1.82) is 0 Å². The predicted molar refractivity (Wildman–Crippen MR) is 43.6 cm³/mol. The Morgan fingerprint density at radius 2 is 2.25 bits per heavy atom. The highest BCUT2D eigenvalue weighted by Crippen LogP contribution is 2.24. The Morgan fingerprint density at radius 1 is 1.58 bits per heavy atom. The molecule has 2 nitrogen and oxygen atoms in total. The molecule has 0 saturated carbocycles. The van der Waals surface area contributed by atoms with Crippen LogP contribution in [0.4, 0.5) is 8.78 Å². The molecule has 0 atom stereocenters. The Labute approximate surface area is 80.6 Å². The first-order valence-corrected chi connectivity index (χ1v) is 4.02. The summed E-state index contributed by atoms with van der Waals surface area (Å²) in [4.78, 5) is 3.55. The van der Waals surface area contributed by atoms with Crippen LogP contribution in [0, 0.1) is 0 Å². The van der Waals surface area contributed by atoms with Crippen molar-refractivity contribution in [3.63, 3.8) is 0 Å². The molecule has 0 bridgehead atoms. The Bertz CT molecular complexity index is 284. The molecule has 0 saturated heterocycles. The minimum atomic E-state index is -2.88. The van der Waals surface area contributed by atoms with Crippen LogP contribution in [0.3, 0.4) is 0 Å². The molecule has 0 aromatic carbocycles. The number of pyridine rings is 1. The number of halogens is 4. The number of ether oxygens (including phenoxy) is 1. The van der Waals surface area contributed by atoms with Crippen LogP contribution >= 0.6 is 27.5 Å². The minimum absolute atomic E-state index is 0.196. The maximum absolute atomic E-state index is 11.6. The first-order chi connectivity index (χ1) is 5.59. The van der Waals surface area contributed by atoms with E-state index in [0.717, 1.165) is 0 Å². The largest absolute Gasteiger partial charge is 0.417 e. The molecule has 0 N–H and O–H groups in total. The van der Waals surface area contributed by atoms with Crippen LogP contribution in [0.1, 0.15) is 0 Å². The van der Waals surface area contributed by atoms with Crippen molar-refractivity contribution in [2.75, 3.05) is 0 Å². The molecule has 6 heteroatoms. The van der Waals surface area contributed by atoms with Gasteiger partial charge in [-0.05, 0) is 15.9 Å². The van der Waals surface area contributed by atoms with Crippen molar-refractivity contribution in [1.82, 2.24) is 4.98 Å². The number of rotatable bonds is 2. The summed E-state index contributed by atoms with van der Waals surface area (Å²) in [5, 5.41) is 0.278. The van der Waals surface area contributed by atoms with Gasteiger partial charge in [0.25, 0.3) is 0 Å². The van der Waals surface area contributed by atoms with Crippen molar-refractivity contribution >= 4 is 27.5 Å². The number of hydrogen-bond acceptors (Lipinski definition) is 2. The molecule has 66 valence electrons. The molecule has 0 fully saturated rings. The van der Waals surface area contributed by atoms with Crippen LogP contribution in [-0.4, -0.2) is 11.6 Å². The summed E-state index contributed by atoms with van der Waals surface area (Å²) in [7, 11) is 0. The van der Waals surface area contributed by atoms with E-state index in [1.165, 1.54) is 12.3 Å². The monoisotopic (exact) mass is 257 g/mol. The third kappa shape index (κ3) is 2.57. The van der Waals surface area contributed by atoms with Crippen molar-refractivity contribution in [3.05, 3.63) is 21.8 Å². The van der Waals surface area contributed by atoms with Gasteiger partial charge in [-0.15, -0.1) is 0 Å². The highest BCUT2D eigenvalue weighted by Gasteiger charge is 2.06. The zero-order valence-corrected chi connectivity index (χ0v) is 7.94. The van der Waals surface area contributed by atoms with Crippen molar-refractivity contribution in [2.45, 2.75) is 6.61 Å². The van der Waals surface area contributed by atoms with Gasteiger partial charge in [0.05, 0.1) is 9.50 Å². The number of hydrogen-bond donors (Lipinski definition) is 0. The van der Waals surface area contributed by atoms with Crippen molar-refractivity contribution < 1.29 is 13.5 Å². The summed E-state index contributed by atoms with van der Waals surface area (Å²) in [6, 6.07) is 1.21. The Morgan fingerprint density at radius 3 is 2.75 bits per heavy atom. The Kier molecular flexibility index (Phi) is 3.22. The lowest BCUT2D eigenvalue weighted by Gasteiger charge is -2.03. The predicted octanol–water partition coefficient (Wildman–Crippen LogP) is 3.10. The standard InChI is InChI=1S/C6H3BrClF2NO/c7-3-2-11-5(1-4(3)8)12-6(9)10/h1-2,6H. The van der Waals surface area contributed by atoms with Gasteiger partial charge in [-0.25, -0.2) is 4.98 Å². The number of alkyl halides is 2. The van der Waals surface area contributed by atoms with Crippen LogP contribution in [0.25, 0.3) is 0 Å². The second-order valence-corrected chi connectivity index (χ2v) is 3.08. The van der Waals surface area contributed by atoms with E-state index in [-0.39, 0.29) is 10.9 Å². The summed E-state index contributed by atoms with van der Waals surface area (Å²) >= 11 is 8.64. The molecule has 1 rings (SSSR count). The van der Waals surface area contributed by atoms with E-state index in [0.29, 0.717) is 4.47 Å². The van der Waals surface area contributed by atoms with Crippen molar-refractivity contribution in [3.8, 4) is 5.88 Å². The van der Waals surface area contributed by atoms with Gasteiger partial charge < -0.3 is 4.74 Å². The average Bonchev–Trinajstić information content (AvgIpc) is 1.96. The van der Waals surface area contributed by atoms with Crippen LogP contribution in [0.5, 0.6) is 5.88 Å². The second kappa shape index (κ2) is 4.00. The summed E-state index contributed by atoms with van der Waals surface area (Å²) < 4.78 is 27.8. The fourth-order valence-electron chi connectivity index (χ4n) is 0.552. The molecule has 0 radical (unpaired) electrons. The maximum atomic E-state index is 11.6. The molecule has 0 aliphatic heterocycles. The molecule has 1 heterocycles. The van der Waals surface area contributed by atoms with E-state index >= 15 is 0 Å². The Balaban J connectivity index is 2.82. The van der Waals surface area contributed by atoms with E-state index in [1.807, 2.05) is 0 Å². The molecule has 1 aromatic heterocycles. The summed E-state index contributed by atoms with van der Waals surface area (Å²) in [6.07, 6.45) is 1.29.